The van der Waals surface area contributed by atoms with E-state index in [9.17, 15) is 12.8 Å². The predicted molar refractivity (Wildman–Crippen MR) is 94.6 cm³/mol. The summed E-state index contributed by atoms with van der Waals surface area (Å²) in [6.45, 7) is 2.21. The quantitative estimate of drug-likeness (QED) is 0.749. The van der Waals surface area contributed by atoms with E-state index in [2.05, 4.69) is 11.6 Å². The number of nitrogens with one attached hydrogen (secondary N) is 1. The molecule has 0 bridgehead atoms. The van der Waals surface area contributed by atoms with Gasteiger partial charge in [-0.1, -0.05) is 6.92 Å². The molecule has 0 saturated heterocycles. The fourth-order valence-electron chi connectivity index (χ4n) is 3.34. The molecule has 1 aliphatic rings. The van der Waals surface area contributed by atoms with Crippen LogP contribution in [0.15, 0.2) is 51.8 Å². The molecule has 25 heavy (non-hydrogen) atoms. The maximum Gasteiger partial charge on any atom is 0.261 e. The Bertz CT molecular complexity index is 1040. The lowest BCUT2D eigenvalue weighted by molar-refractivity contribution is 0.438. The Morgan fingerprint density at radius 3 is 2.68 bits per heavy atom. The largest absolute Gasteiger partial charge is 0.461 e. The van der Waals surface area contributed by atoms with Crippen LogP contribution in [0, 0.1) is 11.7 Å². The lowest BCUT2D eigenvalue weighted by atomic mass is 9.88. The van der Waals surface area contributed by atoms with E-state index in [1.54, 1.807) is 12.1 Å². The molecule has 1 aromatic heterocycles. The smallest absolute Gasteiger partial charge is 0.261 e. The second-order valence-electron chi connectivity index (χ2n) is 6.62. The fourth-order valence-corrected chi connectivity index (χ4v) is 4.39. The van der Waals surface area contributed by atoms with Crippen molar-refractivity contribution in [2.75, 3.05) is 4.72 Å². The molecule has 4 rings (SSSR count). The minimum absolute atomic E-state index is 0.0249. The highest BCUT2D eigenvalue weighted by Gasteiger charge is 2.22. The zero-order chi connectivity index (χ0) is 17.6. The number of fused-ring (bicyclic) bond motifs is 3. The first-order chi connectivity index (χ1) is 11.9. The first-order valence-electron chi connectivity index (χ1n) is 8.25. The molecule has 1 N–H and O–H groups in total. The van der Waals surface area contributed by atoms with Gasteiger partial charge < -0.3 is 4.42 Å². The van der Waals surface area contributed by atoms with Gasteiger partial charge in [-0.25, -0.2) is 12.8 Å². The molecular formula is C19H18FNO3S. The summed E-state index contributed by atoms with van der Waals surface area (Å²) in [5.74, 6) is 1.12. The van der Waals surface area contributed by atoms with Crippen LogP contribution in [-0.2, 0) is 22.9 Å². The van der Waals surface area contributed by atoms with Crippen molar-refractivity contribution in [1.82, 2.24) is 0 Å². The van der Waals surface area contributed by atoms with E-state index >= 15 is 0 Å². The number of hydrogen-bond donors (Lipinski definition) is 1. The Labute approximate surface area is 145 Å². The molecule has 1 atom stereocenters. The first-order valence-corrected chi connectivity index (χ1v) is 9.73. The Kier molecular flexibility index (Phi) is 3.80. The van der Waals surface area contributed by atoms with Gasteiger partial charge in [0.05, 0.1) is 4.90 Å². The minimum atomic E-state index is -3.76. The molecular weight excluding hydrogens is 341 g/mol. The molecule has 3 aromatic rings. The Balaban J connectivity index is 1.70. The number of rotatable bonds is 3. The lowest BCUT2D eigenvalue weighted by Crippen LogP contribution is -2.13. The van der Waals surface area contributed by atoms with E-state index in [1.807, 2.05) is 6.07 Å². The van der Waals surface area contributed by atoms with Crippen LogP contribution in [0.5, 0.6) is 0 Å². The molecule has 0 fully saturated rings. The number of aryl methyl sites for hydroxylation is 1. The first kappa shape index (κ1) is 16.1. The van der Waals surface area contributed by atoms with Crippen LogP contribution in [-0.4, -0.2) is 8.42 Å². The van der Waals surface area contributed by atoms with Crippen molar-refractivity contribution < 1.29 is 17.2 Å². The summed E-state index contributed by atoms with van der Waals surface area (Å²) in [7, 11) is -3.76. The molecule has 6 heteroatoms. The third kappa shape index (κ3) is 3.02. The predicted octanol–water partition coefficient (Wildman–Crippen LogP) is 4.50. The van der Waals surface area contributed by atoms with E-state index in [4.69, 9.17) is 4.42 Å². The third-order valence-electron chi connectivity index (χ3n) is 4.67. The van der Waals surface area contributed by atoms with E-state index < -0.39 is 15.8 Å². The Morgan fingerprint density at radius 1 is 1.16 bits per heavy atom. The standard InChI is InChI=1S/C19H18FNO3S/c1-12-2-8-18-16(10-12)17-11-14(5-9-19(17)24-18)21-25(22,23)15-6-3-13(20)4-7-15/h3-7,9,11-12,21H,2,8,10H2,1H3. The second kappa shape index (κ2) is 5.88. The second-order valence-corrected chi connectivity index (χ2v) is 8.30. The summed E-state index contributed by atoms with van der Waals surface area (Å²) < 4.78 is 46.4. The summed E-state index contributed by atoms with van der Waals surface area (Å²) in [4.78, 5) is 0.0249. The van der Waals surface area contributed by atoms with E-state index in [0.717, 1.165) is 48.1 Å². The van der Waals surface area contributed by atoms with Crippen LogP contribution in [0.4, 0.5) is 10.1 Å². The van der Waals surface area contributed by atoms with Gasteiger partial charge in [0.2, 0.25) is 0 Å². The van der Waals surface area contributed by atoms with E-state index in [1.165, 1.54) is 17.7 Å². The summed E-state index contributed by atoms with van der Waals surface area (Å²) >= 11 is 0. The number of benzene rings is 2. The van der Waals surface area contributed by atoms with Crippen molar-refractivity contribution in [2.45, 2.75) is 31.1 Å². The number of furan rings is 1. The average Bonchev–Trinajstić information content (AvgIpc) is 2.92. The van der Waals surface area contributed by atoms with Gasteiger partial charge in [0, 0.05) is 23.1 Å². The van der Waals surface area contributed by atoms with Crippen LogP contribution in [0.1, 0.15) is 24.7 Å². The van der Waals surface area contributed by atoms with Gasteiger partial charge in [0.1, 0.15) is 17.2 Å². The van der Waals surface area contributed by atoms with Crippen LogP contribution in [0.25, 0.3) is 11.0 Å². The number of anilines is 1. The number of hydrogen-bond acceptors (Lipinski definition) is 3. The molecule has 0 amide bonds. The molecule has 1 aliphatic carbocycles. The number of sulfonamides is 1. The molecule has 130 valence electrons. The average molecular weight is 359 g/mol. The summed E-state index contributed by atoms with van der Waals surface area (Å²) in [6.07, 6.45) is 2.97. The topological polar surface area (TPSA) is 59.3 Å². The van der Waals surface area contributed by atoms with E-state index in [-0.39, 0.29) is 4.90 Å². The van der Waals surface area contributed by atoms with Gasteiger partial charge in [-0.2, -0.15) is 0 Å². The molecule has 0 aliphatic heterocycles. The molecule has 1 heterocycles. The van der Waals surface area contributed by atoms with Crippen molar-refractivity contribution in [1.29, 1.82) is 0 Å². The summed E-state index contributed by atoms with van der Waals surface area (Å²) in [5.41, 5.74) is 2.43. The van der Waals surface area contributed by atoms with Gasteiger partial charge in [-0.05, 0) is 61.2 Å². The van der Waals surface area contributed by atoms with Gasteiger partial charge >= 0.3 is 0 Å². The lowest BCUT2D eigenvalue weighted by Gasteiger charge is -2.16. The van der Waals surface area contributed by atoms with Crippen molar-refractivity contribution in [3.8, 4) is 0 Å². The van der Waals surface area contributed by atoms with E-state index in [0.29, 0.717) is 11.6 Å². The molecule has 0 saturated carbocycles. The molecule has 4 nitrogen and oxygen atoms in total. The maximum absolute atomic E-state index is 13.0. The van der Waals surface area contributed by atoms with Crippen LogP contribution in [0.2, 0.25) is 0 Å². The van der Waals surface area contributed by atoms with Crippen molar-refractivity contribution >= 4 is 26.7 Å². The summed E-state index contributed by atoms with van der Waals surface area (Å²) in [5, 5.41) is 0.959. The normalized spacial score (nSPS) is 17.4. The van der Waals surface area contributed by atoms with Crippen molar-refractivity contribution in [2.24, 2.45) is 5.92 Å². The third-order valence-corrected chi connectivity index (χ3v) is 6.06. The van der Waals surface area contributed by atoms with Crippen molar-refractivity contribution in [3.05, 3.63) is 59.6 Å². The molecule has 1 unspecified atom stereocenters. The minimum Gasteiger partial charge on any atom is -0.461 e. The van der Waals surface area contributed by atoms with Crippen LogP contribution in [0.3, 0.4) is 0 Å². The highest BCUT2D eigenvalue weighted by molar-refractivity contribution is 7.92. The summed E-state index contributed by atoms with van der Waals surface area (Å²) in [6, 6.07) is 10.0. The number of halogens is 1. The zero-order valence-electron chi connectivity index (χ0n) is 13.8. The Hall–Kier alpha value is -2.34. The van der Waals surface area contributed by atoms with Gasteiger partial charge in [-0.15, -0.1) is 0 Å². The SMILES string of the molecule is CC1CCc2oc3ccc(NS(=O)(=O)c4ccc(F)cc4)cc3c2C1. The van der Waals surface area contributed by atoms with Gasteiger partial charge in [0.15, 0.2) is 0 Å². The van der Waals surface area contributed by atoms with Gasteiger partial charge in [0.25, 0.3) is 10.0 Å². The molecule has 2 aromatic carbocycles. The zero-order valence-corrected chi connectivity index (χ0v) is 14.6. The highest BCUT2D eigenvalue weighted by Crippen LogP contribution is 2.35. The molecule has 0 spiro atoms. The maximum atomic E-state index is 13.0. The van der Waals surface area contributed by atoms with Crippen LogP contribution >= 0.6 is 0 Å². The van der Waals surface area contributed by atoms with Gasteiger partial charge in [-0.3, -0.25) is 4.72 Å². The van der Waals surface area contributed by atoms with Crippen molar-refractivity contribution in [3.63, 3.8) is 0 Å². The van der Waals surface area contributed by atoms with Crippen LogP contribution < -0.4 is 4.72 Å². The fraction of sp³-hybridized carbons (Fsp3) is 0.263. The molecule has 0 radical (unpaired) electrons. The Morgan fingerprint density at radius 2 is 1.92 bits per heavy atom. The highest BCUT2D eigenvalue weighted by atomic mass is 32.2. The monoisotopic (exact) mass is 359 g/mol.